The highest BCUT2D eigenvalue weighted by atomic mass is 16.5. The number of pyridine rings is 2. The maximum absolute atomic E-state index is 8.28. The summed E-state index contributed by atoms with van der Waals surface area (Å²) in [5, 5.41) is 20.7. The molecular weight excluding hydrogens is 610 g/mol. The van der Waals surface area contributed by atoms with Gasteiger partial charge in [0.2, 0.25) is 11.8 Å². The van der Waals surface area contributed by atoms with Crippen LogP contribution in [0.3, 0.4) is 0 Å². The van der Waals surface area contributed by atoms with Gasteiger partial charge >= 0.3 is 0 Å². The van der Waals surface area contributed by atoms with Gasteiger partial charge in [0.15, 0.2) is 0 Å². The molecule has 0 unspecified atom stereocenters. The van der Waals surface area contributed by atoms with Gasteiger partial charge in [-0.3, -0.25) is 5.41 Å². The predicted octanol–water partition coefficient (Wildman–Crippen LogP) is 8.05. The first-order valence-corrected chi connectivity index (χ1v) is 16.1. The van der Waals surface area contributed by atoms with Gasteiger partial charge in [0, 0.05) is 16.7 Å². The molecule has 0 aliphatic carbocycles. The van der Waals surface area contributed by atoms with Crippen molar-refractivity contribution in [3.05, 3.63) is 133 Å². The topological polar surface area (TPSA) is 127 Å². The Labute approximate surface area is 287 Å². The molecule has 1 aliphatic heterocycles. The van der Waals surface area contributed by atoms with Crippen LogP contribution in [0.2, 0.25) is 0 Å². The van der Waals surface area contributed by atoms with E-state index in [-0.39, 0.29) is 18.0 Å². The van der Waals surface area contributed by atoms with Gasteiger partial charge in [-0.25, -0.2) is 15.0 Å². The second-order valence-electron chi connectivity index (χ2n) is 13.1. The monoisotopic (exact) mass is 653 g/mol. The van der Waals surface area contributed by atoms with Crippen molar-refractivity contribution < 1.29 is 14.6 Å². The summed E-state index contributed by atoms with van der Waals surface area (Å²) in [7, 11) is 1.48. The second-order valence-corrected chi connectivity index (χ2v) is 13.1. The van der Waals surface area contributed by atoms with Crippen LogP contribution >= 0.6 is 0 Å². The van der Waals surface area contributed by atoms with Crippen molar-refractivity contribution in [2.45, 2.75) is 38.8 Å². The average molecular weight is 654 g/mol. The van der Waals surface area contributed by atoms with Crippen LogP contribution in [0.15, 0.2) is 126 Å². The number of aliphatic imine (C=N–C) groups is 1. The molecule has 2 aromatic heterocycles. The SMILES string of the molecule is CC(C)(N)CO.CC1(C)COC(c2cccc(-c3cccc4ccccc34)n2)=N1.COC(=N)c1cccc(-c2cccc3ccccc23)n1. The van der Waals surface area contributed by atoms with Crippen LogP contribution in [0.25, 0.3) is 44.1 Å². The molecule has 0 radical (unpaired) electrons. The van der Waals surface area contributed by atoms with Gasteiger partial charge in [-0.2, -0.15) is 0 Å². The fourth-order valence-corrected chi connectivity index (χ4v) is 5.13. The Hall–Kier alpha value is -5.44. The van der Waals surface area contributed by atoms with Gasteiger partial charge in [0.1, 0.15) is 18.0 Å². The van der Waals surface area contributed by atoms with E-state index >= 15 is 0 Å². The minimum atomic E-state index is -0.403. The number of aliphatic hydroxyl groups excluding tert-OH is 1. The number of rotatable bonds is 5. The van der Waals surface area contributed by atoms with Gasteiger partial charge in [0.25, 0.3) is 0 Å². The molecular formula is C41H43N5O3. The number of nitrogens with two attached hydrogens (primary N) is 1. The lowest BCUT2D eigenvalue weighted by Crippen LogP contribution is -2.35. The third-order valence-corrected chi connectivity index (χ3v) is 7.66. The minimum absolute atomic E-state index is 0.0486. The van der Waals surface area contributed by atoms with Crippen LogP contribution in [0, 0.1) is 5.41 Å². The number of hydrogen-bond acceptors (Lipinski definition) is 8. The van der Waals surface area contributed by atoms with Crippen molar-refractivity contribution in [3.63, 3.8) is 0 Å². The maximum Gasteiger partial charge on any atom is 0.236 e. The minimum Gasteiger partial charge on any atom is -0.480 e. The number of aliphatic hydroxyl groups is 1. The zero-order chi connectivity index (χ0) is 35.0. The van der Waals surface area contributed by atoms with E-state index in [1.54, 1.807) is 19.9 Å². The van der Waals surface area contributed by atoms with E-state index in [9.17, 15) is 0 Å². The lowest BCUT2D eigenvalue weighted by Gasteiger charge is -2.12. The lowest BCUT2D eigenvalue weighted by molar-refractivity contribution is 0.221. The van der Waals surface area contributed by atoms with Crippen molar-refractivity contribution >= 4 is 33.3 Å². The predicted molar refractivity (Wildman–Crippen MR) is 200 cm³/mol. The van der Waals surface area contributed by atoms with Gasteiger partial charge < -0.3 is 20.3 Å². The highest BCUT2D eigenvalue weighted by molar-refractivity contribution is 5.98. The Morgan fingerprint density at radius 3 is 1.73 bits per heavy atom. The summed E-state index contributed by atoms with van der Waals surface area (Å²) >= 11 is 0. The van der Waals surface area contributed by atoms with Gasteiger partial charge in [-0.05, 0) is 73.5 Å². The van der Waals surface area contributed by atoms with Crippen LogP contribution in [-0.2, 0) is 9.47 Å². The van der Waals surface area contributed by atoms with E-state index < -0.39 is 5.54 Å². The van der Waals surface area contributed by atoms with E-state index in [1.807, 2.05) is 54.6 Å². The largest absolute Gasteiger partial charge is 0.480 e. The van der Waals surface area contributed by atoms with Gasteiger partial charge in [-0.1, -0.05) is 97.1 Å². The molecule has 7 rings (SSSR count). The fourth-order valence-electron chi connectivity index (χ4n) is 5.13. The summed E-state index contributed by atoms with van der Waals surface area (Å²) in [5.74, 6) is 0.712. The molecule has 8 nitrogen and oxygen atoms in total. The molecule has 0 amide bonds. The third-order valence-electron chi connectivity index (χ3n) is 7.66. The number of aromatic nitrogens is 2. The second kappa shape index (κ2) is 15.2. The molecule has 1 aliphatic rings. The van der Waals surface area contributed by atoms with Crippen LogP contribution in [0.4, 0.5) is 0 Å². The van der Waals surface area contributed by atoms with E-state index in [4.69, 9.17) is 30.7 Å². The number of hydrogen-bond donors (Lipinski definition) is 3. The Kier molecular flexibility index (Phi) is 10.8. The van der Waals surface area contributed by atoms with Gasteiger partial charge in [0.05, 0.1) is 30.6 Å². The fraction of sp³-hybridized carbons (Fsp3) is 0.220. The first-order chi connectivity index (χ1) is 23.5. The Morgan fingerprint density at radius 2 is 1.22 bits per heavy atom. The first kappa shape index (κ1) is 34.9. The van der Waals surface area contributed by atoms with Crippen LogP contribution in [0.5, 0.6) is 0 Å². The summed E-state index contributed by atoms with van der Waals surface area (Å²) in [6.07, 6.45) is 0. The maximum atomic E-state index is 8.28. The molecule has 4 N–H and O–H groups in total. The van der Waals surface area contributed by atoms with E-state index in [2.05, 4.69) is 84.5 Å². The van der Waals surface area contributed by atoms with Gasteiger partial charge in [-0.15, -0.1) is 0 Å². The Morgan fingerprint density at radius 1 is 0.755 bits per heavy atom. The highest BCUT2D eigenvalue weighted by Gasteiger charge is 2.27. The lowest BCUT2D eigenvalue weighted by atomic mass is 10.0. The van der Waals surface area contributed by atoms with Crippen LogP contribution in [0.1, 0.15) is 39.1 Å². The Bertz CT molecular complexity index is 2090. The molecule has 250 valence electrons. The molecule has 0 saturated carbocycles. The van der Waals surface area contributed by atoms with Crippen LogP contribution < -0.4 is 5.73 Å². The zero-order valence-corrected chi connectivity index (χ0v) is 28.6. The smallest absolute Gasteiger partial charge is 0.236 e. The highest BCUT2D eigenvalue weighted by Crippen LogP contribution is 2.29. The number of nitrogens with zero attached hydrogens (tertiary/aromatic N) is 3. The number of nitrogens with one attached hydrogen (secondary N) is 1. The third kappa shape index (κ3) is 8.93. The number of benzene rings is 4. The van der Waals surface area contributed by atoms with Crippen molar-refractivity contribution in [1.82, 2.24) is 9.97 Å². The standard InChI is InChI=1S/C20H18N2O.C17H14N2O.C4H11NO/c1-20(2)13-23-19(22-20)18-12-6-11-17(21-18)16-10-5-8-14-7-3-4-9-15(14)16;1-20-17(18)16-11-5-10-15(19-16)14-9-4-7-12-6-2-3-8-13(12)14;1-4(2,5)3-6/h3-12H,13H2,1-2H3;2-11,18H,1H3;6H,3,5H2,1-2H3. The van der Waals surface area contributed by atoms with Crippen molar-refractivity contribution in [2.75, 3.05) is 20.3 Å². The van der Waals surface area contributed by atoms with E-state index in [1.165, 1.54) is 23.3 Å². The first-order valence-electron chi connectivity index (χ1n) is 16.1. The number of methoxy groups -OCH3 is 1. The summed E-state index contributed by atoms with van der Waals surface area (Å²) in [6.45, 7) is 8.32. The quantitative estimate of drug-likeness (QED) is 0.128. The molecule has 0 atom stereocenters. The van der Waals surface area contributed by atoms with Crippen LogP contribution in [-0.4, -0.2) is 58.3 Å². The average Bonchev–Trinajstić information content (AvgIpc) is 3.50. The molecule has 0 bridgehead atoms. The van der Waals surface area contributed by atoms with Crippen molar-refractivity contribution in [2.24, 2.45) is 10.7 Å². The number of ether oxygens (including phenoxy) is 2. The molecule has 0 fully saturated rings. The summed E-state index contributed by atoms with van der Waals surface area (Å²) < 4.78 is 10.7. The van der Waals surface area contributed by atoms with E-state index in [0.29, 0.717) is 18.2 Å². The summed E-state index contributed by atoms with van der Waals surface area (Å²) in [6, 6.07) is 40.6. The molecule has 3 heterocycles. The molecule has 49 heavy (non-hydrogen) atoms. The summed E-state index contributed by atoms with van der Waals surface area (Å²) in [4.78, 5) is 13.9. The molecule has 0 spiro atoms. The van der Waals surface area contributed by atoms with E-state index in [0.717, 1.165) is 33.6 Å². The molecule has 4 aromatic carbocycles. The summed E-state index contributed by atoms with van der Waals surface area (Å²) in [5.41, 5.74) is 10.0. The molecule has 8 heteroatoms. The molecule has 0 saturated heterocycles. The molecule has 6 aromatic rings. The Balaban J connectivity index is 0.000000166. The van der Waals surface area contributed by atoms with Crippen molar-refractivity contribution in [3.8, 4) is 22.5 Å². The zero-order valence-electron chi connectivity index (χ0n) is 28.6. The van der Waals surface area contributed by atoms with Crippen molar-refractivity contribution in [1.29, 1.82) is 5.41 Å². The normalized spacial score (nSPS) is 13.3. The number of fused-ring (bicyclic) bond motifs is 2.